The second kappa shape index (κ2) is 7.13. The van der Waals surface area contributed by atoms with Gasteiger partial charge in [0.1, 0.15) is 0 Å². The van der Waals surface area contributed by atoms with Gasteiger partial charge >= 0.3 is 5.97 Å². The van der Waals surface area contributed by atoms with Crippen LogP contribution in [-0.4, -0.2) is 61.0 Å². The molecule has 1 aromatic carbocycles. The van der Waals surface area contributed by atoms with Crippen LogP contribution in [0.1, 0.15) is 46.4 Å². The van der Waals surface area contributed by atoms with E-state index in [1.54, 1.807) is 24.3 Å². The Balaban J connectivity index is 1.57. The smallest absolute Gasteiger partial charge is 0.337 e. The lowest BCUT2D eigenvalue weighted by molar-refractivity contribution is 0.0597. The first-order valence-electron chi connectivity index (χ1n) is 8.41. The van der Waals surface area contributed by atoms with Gasteiger partial charge in [0.25, 0.3) is 5.91 Å². The highest BCUT2D eigenvalue weighted by Gasteiger charge is 2.28. The van der Waals surface area contributed by atoms with Gasteiger partial charge in [-0.05, 0) is 63.0 Å². The lowest BCUT2D eigenvalue weighted by atomic mass is 10.0. The zero-order chi connectivity index (χ0) is 16.2. The maximum atomic E-state index is 12.6. The Labute approximate surface area is 137 Å². The van der Waals surface area contributed by atoms with Crippen LogP contribution in [0, 0.1) is 0 Å². The van der Waals surface area contributed by atoms with Crippen molar-refractivity contribution >= 4 is 11.9 Å². The number of methoxy groups -OCH3 is 1. The highest BCUT2D eigenvalue weighted by Crippen LogP contribution is 2.22. The third-order valence-electron chi connectivity index (χ3n) is 4.96. The van der Waals surface area contributed by atoms with Gasteiger partial charge < -0.3 is 14.5 Å². The summed E-state index contributed by atoms with van der Waals surface area (Å²) in [5.41, 5.74) is 1.11. The van der Waals surface area contributed by atoms with Crippen LogP contribution in [0.5, 0.6) is 0 Å². The van der Waals surface area contributed by atoms with Gasteiger partial charge in [-0.2, -0.15) is 0 Å². The van der Waals surface area contributed by atoms with E-state index in [1.165, 1.54) is 33.0 Å². The van der Waals surface area contributed by atoms with Crippen molar-refractivity contribution in [3.63, 3.8) is 0 Å². The molecule has 0 spiro atoms. The highest BCUT2D eigenvalue weighted by molar-refractivity contribution is 5.96. The summed E-state index contributed by atoms with van der Waals surface area (Å²) < 4.78 is 4.67. The number of nitrogens with zero attached hydrogens (tertiary/aromatic N) is 2. The molecule has 2 aliphatic rings. The number of esters is 1. The third-order valence-corrected chi connectivity index (χ3v) is 4.96. The number of carbonyl (C=O) groups excluding carboxylic acids is 2. The lowest BCUT2D eigenvalue weighted by Crippen LogP contribution is -2.45. The molecular formula is C18H24N2O3. The molecule has 2 fully saturated rings. The molecule has 0 saturated carbocycles. The number of ether oxygens (including phenoxy) is 1. The molecule has 1 aromatic rings. The van der Waals surface area contributed by atoms with E-state index in [0.717, 1.165) is 25.9 Å². The van der Waals surface area contributed by atoms with Gasteiger partial charge in [-0.1, -0.05) is 0 Å². The highest BCUT2D eigenvalue weighted by atomic mass is 16.5. The van der Waals surface area contributed by atoms with Crippen LogP contribution in [-0.2, 0) is 4.74 Å². The standard InChI is InChI=1S/C18H24N2O3/c1-23-18(22)15-6-4-14(5-7-15)17(21)20-12-8-16(9-13-20)19-10-2-3-11-19/h4-7,16H,2-3,8-13H2,1H3. The van der Waals surface area contributed by atoms with Crippen molar-refractivity contribution in [3.8, 4) is 0 Å². The number of hydrogen-bond donors (Lipinski definition) is 0. The van der Waals surface area contributed by atoms with Crippen LogP contribution in [0.25, 0.3) is 0 Å². The minimum atomic E-state index is -0.379. The average molecular weight is 316 g/mol. The van der Waals surface area contributed by atoms with Gasteiger partial charge in [0.2, 0.25) is 0 Å². The normalized spacial score (nSPS) is 19.8. The summed E-state index contributed by atoms with van der Waals surface area (Å²) in [6, 6.07) is 7.36. The second-order valence-corrected chi connectivity index (χ2v) is 6.34. The molecule has 5 heteroatoms. The molecule has 2 saturated heterocycles. The van der Waals surface area contributed by atoms with Crippen molar-refractivity contribution in [1.82, 2.24) is 9.80 Å². The summed E-state index contributed by atoms with van der Waals surface area (Å²) in [5, 5.41) is 0. The van der Waals surface area contributed by atoms with Crippen molar-refractivity contribution in [1.29, 1.82) is 0 Å². The molecule has 0 N–H and O–H groups in total. The van der Waals surface area contributed by atoms with E-state index in [-0.39, 0.29) is 11.9 Å². The topological polar surface area (TPSA) is 49.9 Å². The number of amides is 1. The van der Waals surface area contributed by atoms with Gasteiger partial charge in [-0.25, -0.2) is 4.79 Å². The number of benzene rings is 1. The van der Waals surface area contributed by atoms with Crippen LogP contribution in [0.4, 0.5) is 0 Å². The first-order valence-corrected chi connectivity index (χ1v) is 8.41. The summed E-state index contributed by atoms with van der Waals surface area (Å²) in [6.45, 7) is 4.07. The van der Waals surface area contributed by atoms with Gasteiger partial charge in [0.15, 0.2) is 0 Å². The minimum Gasteiger partial charge on any atom is -0.465 e. The van der Waals surface area contributed by atoms with E-state index in [9.17, 15) is 9.59 Å². The molecular weight excluding hydrogens is 292 g/mol. The van der Waals surface area contributed by atoms with Crippen LogP contribution < -0.4 is 0 Å². The van der Waals surface area contributed by atoms with Crippen molar-refractivity contribution in [2.24, 2.45) is 0 Å². The van der Waals surface area contributed by atoms with Gasteiger partial charge in [0, 0.05) is 24.7 Å². The predicted molar refractivity (Wildman–Crippen MR) is 87.5 cm³/mol. The molecule has 0 aromatic heterocycles. The van der Waals surface area contributed by atoms with Gasteiger partial charge in [0.05, 0.1) is 12.7 Å². The van der Waals surface area contributed by atoms with Crippen LogP contribution in [0.2, 0.25) is 0 Å². The van der Waals surface area contributed by atoms with E-state index in [1.807, 2.05) is 4.90 Å². The first kappa shape index (κ1) is 16.0. The molecule has 0 unspecified atom stereocenters. The largest absolute Gasteiger partial charge is 0.465 e. The number of hydrogen-bond acceptors (Lipinski definition) is 4. The zero-order valence-electron chi connectivity index (χ0n) is 13.7. The van der Waals surface area contributed by atoms with Crippen LogP contribution >= 0.6 is 0 Å². The third kappa shape index (κ3) is 3.55. The molecule has 23 heavy (non-hydrogen) atoms. The molecule has 5 nitrogen and oxygen atoms in total. The quantitative estimate of drug-likeness (QED) is 0.802. The molecule has 0 aliphatic carbocycles. The van der Waals surface area contributed by atoms with Crippen LogP contribution in [0.15, 0.2) is 24.3 Å². The molecule has 1 amide bonds. The maximum Gasteiger partial charge on any atom is 0.337 e. The van der Waals surface area contributed by atoms with Crippen molar-refractivity contribution in [2.45, 2.75) is 31.7 Å². The molecule has 2 heterocycles. The van der Waals surface area contributed by atoms with E-state index in [0.29, 0.717) is 17.2 Å². The summed E-state index contributed by atoms with van der Waals surface area (Å²) in [5.74, 6) is -0.322. The number of piperidine rings is 1. The van der Waals surface area contributed by atoms with E-state index in [4.69, 9.17) is 0 Å². The summed E-state index contributed by atoms with van der Waals surface area (Å²) in [6.07, 6.45) is 4.75. The molecule has 124 valence electrons. The zero-order valence-corrected chi connectivity index (χ0v) is 13.7. The lowest BCUT2D eigenvalue weighted by Gasteiger charge is -2.36. The summed E-state index contributed by atoms with van der Waals surface area (Å²) in [7, 11) is 1.35. The van der Waals surface area contributed by atoms with Gasteiger partial charge in [-0.3, -0.25) is 4.79 Å². The van der Waals surface area contributed by atoms with E-state index in [2.05, 4.69) is 9.64 Å². The Kier molecular flexibility index (Phi) is 4.96. The molecule has 3 rings (SSSR count). The molecule has 0 atom stereocenters. The second-order valence-electron chi connectivity index (χ2n) is 6.34. The predicted octanol–water partition coefficient (Wildman–Crippen LogP) is 2.17. The molecule has 0 radical (unpaired) electrons. The fraction of sp³-hybridized carbons (Fsp3) is 0.556. The number of carbonyl (C=O) groups is 2. The Bertz CT molecular complexity index is 556. The molecule has 2 aliphatic heterocycles. The van der Waals surface area contributed by atoms with E-state index < -0.39 is 0 Å². The number of likely N-dealkylation sites (tertiary alicyclic amines) is 2. The van der Waals surface area contributed by atoms with Crippen molar-refractivity contribution in [2.75, 3.05) is 33.3 Å². The first-order chi connectivity index (χ1) is 11.2. The van der Waals surface area contributed by atoms with Crippen molar-refractivity contribution in [3.05, 3.63) is 35.4 Å². The SMILES string of the molecule is COC(=O)c1ccc(C(=O)N2CCC(N3CCCC3)CC2)cc1. The maximum absolute atomic E-state index is 12.6. The Morgan fingerprint density at radius 2 is 1.52 bits per heavy atom. The fourth-order valence-electron chi connectivity index (χ4n) is 3.59. The summed E-state index contributed by atoms with van der Waals surface area (Å²) in [4.78, 5) is 28.5. The minimum absolute atomic E-state index is 0.0567. The summed E-state index contributed by atoms with van der Waals surface area (Å²) >= 11 is 0. The van der Waals surface area contributed by atoms with Crippen LogP contribution in [0.3, 0.4) is 0 Å². The Hall–Kier alpha value is -1.88. The monoisotopic (exact) mass is 316 g/mol. The van der Waals surface area contributed by atoms with Crippen molar-refractivity contribution < 1.29 is 14.3 Å². The van der Waals surface area contributed by atoms with Gasteiger partial charge in [-0.15, -0.1) is 0 Å². The number of rotatable bonds is 3. The van der Waals surface area contributed by atoms with E-state index >= 15 is 0 Å². The average Bonchev–Trinajstić information content (AvgIpc) is 3.15. The molecule has 0 bridgehead atoms. The fourth-order valence-corrected chi connectivity index (χ4v) is 3.59. The Morgan fingerprint density at radius 3 is 2.09 bits per heavy atom. The Morgan fingerprint density at radius 1 is 0.957 bits per heavy atom.